The lowest BCUT2D eigenvalue weighted by molar-refractivity contribution is -0.124. The van der Waals surface area contributed by atoms with E-state index in [1.807, 2.05) is 41.3 Å². The third kappa shape index (κ3) is 3.75. The van der Waals surface area contributed by atoms with Gasteiger partial charge in [-0.25, -0.2) is 0 Å². The van der Waals surface area contributed by atoms with Gasteiger partial charge in [-0.1, -0.05) is 53.2 Å². The van der Waals surface area contributed by atoms with E-state index < -0.39 is 0 Å². The van der Waals surface area contributed by atoms with Crippen molar-refractivity contribution in [2.45, 2.75) is 32.7 Å². The fraction of sp³-hybridized carbons (Fsp3) is 0.375. The largest absolute Gasteiger partial charge is 0.338 e. The number of amides is 1. The molecule has 1 atom stereocenters. The molecule has 154 valence electrons. The van der Waals surface area contributed by atoms with Crippen LogP contribution in [0.15, 0.2) is 53.1 Å². The zero-order valence-corrected chi connectivity index (χ0v) is 17.3. The van der Waals surface area contributed by atoms with Gasteiger partial charge in [0, 0.05) is 24.3 Å². The number of hydrogen-bond acceptors (Lipinski definition) is 5. The first-order valence-electron chi connectivity index (χ1n) is 10.7. The van der Waals surface area contributed by atoms with Crippen molar-refractivity contribution in [3.8, 4) is 11.4 Å². The number of anilines is 1. The molecule has 0 bridgehead atoms. The summed E-state index contributed by atoms with van der Waals surface area (Å²) in [7, 11) is 0. The van der Waals surface area contributed by atoms with Crippen molar-refractivity contribution in [3.63, 3.8) is 0 Å². The van der Waals surface area contributed by atoms with Crippen LogP contribution in [0.3, 0.4) is 0 Å². The standard InChI is InChI=1S/C24H26N4O2/c1-17-8-10-19(11-9-17)23-25-22(30-26-23)16-27-13-4-6-20(15-27)24(29)28-14-12-18-5-2-3-7-21(18)28/h2-3,5,7-11,20H,4,6,12-16H2,1H3. The Kier molecular flexibility index (Phi) is 5.09. The first kappa shape index (κ1) is 19.0. The molecule has 6 heteroatoms. The van der Waals surface area contributed by atoms with E-state index in [0.717, 1.165) is 50.1 Å². The number of fused-ring (bicyclic) bond motifs is 1. The summed E-state index contributed by atoms with van der Waals surface area (Å²) in [6.45, 7) is 5.11. The summed E-state index contributed by atoms with van der Waals surface area (Å²) in [5.41, 5.74) is 4.51. The van der Waals surface area contributed by atoms with Crippen molar-refractivity contribution in [2.24, 2.45) is 5.92 Å². The molecule has 6 nitrogen and oxygen atoms in total. The molecule has 0 radical (unpaired) electrons. The summed E-state index contributed by atoms with van der Waals surface area (Å²) in [5.74, 6) is 1.48. The number of likely N-dealkylation sites (tertiary alicyclic amines) is 1. The van der Waals surface area contributed by atoms with Gasteiger partial charge in [-0.05, 0) is 44.4 Å². The SMILES string of the molecule is Cc1ccc(-c2noc(CN3CCCC(C(=O)N4CCc5ccccc54)C3)n2)cc1. The summed E-state index contributed by atoms with van der Waals surface area (Å²) in [4.78, 5) is 22.0. The molecule has 2 aromatic carbocycles. The van der Waals surface area contributed by atoms with E-state index in [1.54, 1.807) is 0 Å². The lowest BCUT2D eigenvalue weighted by Gasteiger charge is -2.33. The number of rotatable bonds is 4. The van der Waals surface area contributed by atoms with Crippen LogP contribution in [-0.2, 0) is 17.8 Å². The second-order valence-corrected chi connectivity index (χ2v) is 8.32. The van der Waals surface area contributed by atoms with Crippen LogP contribution in [0.25, 0.3) is 11.4 Å². The Morgan fingerprint density at radius 2 is 1.97 bits per heavy atom. The van der Waals surface area contributed by atoms with Crippen LogP contribution in [0.5, 0.6) is 0 Å². The fourth-order valence-electron chi connectivity index (χ4n) is 4.52. The van der Waals surface area contributed by atoms with E-state index in [2.05, 4.69) is 34.1 Å². The number of carbonyl (C=O) groups is 1. The average molecular weight is 402 g/mol. The lowest BCUT2D eigenvalue weighted by atomic mass is 9.96. The first-order valence-corrected chi connectivity index (χ1v) is 10.7. The van der Waals surface area contributed by atoms with Crippen LogP contribution < -0.4 is 4.90 Å². The average Bonchev–Trinajstić information content (AvgIpc) is 3.41. The molecular formula is C24H26N4O2. The van der Waals surface area contributed by atoms with E-state index in [9.17, 15) is 4.79 Å². The minimum atomic E-state index is 0.0180. The normalized spacial score (nSPS) is 19.1. The monoisotopic (exact) mass is 402 g/mol. The van der Waals surface area contributed by atoms with Crippen LogP contribution >= 0.6 is 0 Å². The maximum atomic E-state index is 13.2. The molecule has 3 aromatic rings. The highest BCUT2D eigenvalue weighted by molar-refractivity contribution is 5.97. The number of aromatic nitrogens is 2. The van der Waals surface area contributed by atoms with E-state index >= 15 is 0 Å². The summed E-state index contributed by atoms with van der Waals surface area (Å²) in [6.07, 6.45) is 2.89. The Morgan fingerprint density at radius 3 is 2.83 bits per heavy atom. The topological polar surface area (TPSA) is 62.5 Å². The number of hydrogen-bond donors (Lipinski definition) is 0. The van der Waals surface area contributed by atoms with Gasteiger partial charge in [0.05, 0.1) is 12.5 Å². The molecule has 1 unspecified atom stereocenters. The predicted molar refractivity (Wildman–Crippen MR) is 115 cm³/mol. The number of aryl methyl sites for hydroxylation is 1. The van der Waals surface area contributed by atoms with Gasteiger partial charge in [0.2, 0.25) is 17.6 Å². The highest BCUT2D eigenvalue weighted by Crippen LogP contribution is 2.31. The first-order chi connectivity index (χ1) is 14.7. The molecule has 3 heterocycles. The quantitative estimate of drug-likeness (QED) is 0.663. The zero-order valence-electron chi connectivity index (χ0n) is 17.3. The van der Waals surface area contributed by atoms with E-state index in [1.165, 1.54) is 11.1 Å². The molecule has 1 aromatic heterocycles. The molecule has 2 aliphatic rings. The van der Waals surface area contributed by atoms with Gasteiger partial charge in [-0.15, -0.1) is 0 Å². The van der Waals surface area contributed by atoms with Crippen molar-refractivity contribution in [2.75, 3.05) is 24.5 Å². The van der Waals surface area contributed by atoms with Crippen LogP contribution in [-0.4, -0.2) is 40.6 Å². The Morgan fingerprint density at radius 1 is 1.13 bits per heavy atom. The second-order valence-electron chi connectivity index (χ2n) is 8.32. The number of nitrogens with zero attached hydrogens (tertiary/aromatic N) is 4. The zero-order chi connectivity index (χ0) is 20.5. The Hall–Kier alpha value is -2.99. The highest BCUT2D eigenvalue weighted by atomic mass is 16.5. The van der Waals surface area contributed by atoms with E-state index in [0.29, 0.717) is 18.3 Å². The summed E-state index contributed by atoms with van der Waals surface area (Å²) in [5, 5.41) is 4.14. The molecule has 0 N–H and O–H groups in total. The van der Waals surface area contributed by atoms with Crippen molar-refractivity contribution in [3.05, 3.63) is 65.5 Å². The Bertz CT molecular complexity index is 1040. The Labute approximate surface area is 176 Å². The van der Waals surface area contributed by atoms with Gasteiger partial charge in [-0.2, -0.15) is 4.98 Å². The summed E-state index contributed by atoms with van der Waals surface area (Å²) in [6, 6.07) is 16.3. The molecule has 0 aliphatic carbocycles. The van der Waals surface area contributed by atoms with Crippen LogP contribution in [0.4, 0.5) is 5.69 Å². The third-order valence-corrected chi connectivity index (χ3v) is 6.14. The van der Waals surface area contributed by atoms with Crippen molar-refractivity contribution in [1.29, 1.82) is 0 Å². The van der Waals surface area contributed by atoms with Gasteiger partial charge in [0.15, 0.2) is 0 Å². The summed E-state index contributed by atoms with van der Waals surface area (Å²) < 4.78 is 5.50. The van der Waals surface area contributed by atoms with E-state index in [-0.39, 0.29) is 11.8 Å². The van der Waals surface area contributed by atoms with Gasteiger partial charge < -0.3 is 9.42 Å². The minimum absolute atomic E-state index is 0.0180. The third-order valence-electron chi connectivity index (χ3n) is 6.14. The maximum Gasteiger partial charge on any atom is 0.241 e. The minimum Gasteiger partial charge on any atom is -0.338 e. The number of carbonyl (C=O) groups excluding carboxylic acids is 1. The van der Waals surface area contributed by atoms with Crippen LogP contribution in [0.2, 0.25) is 0 Å². The molecule has 2 aliphatic heterocycles. The van der Waals surface area contributed by atoms with Gasteiger partial charge in [0.25, 0.3) is 0 Å². The molecular weight excluding hydrogens is 376 g/mol. The second kappa shape index (κ2) is 8.03. The molecule has 0 spiro atoms. The van der Waals surface area contributed by atoms with Crippen molar-refractivity contribution >= 4 is 11.6 Å². The maximum absolute atomic E-state index is 13.2. The molecule has 1 amide bonds. The van der Waals surface area contributed by atoms with E-state index in [4.69, 9.17) is 4.52 Å². The highest BCUT2D eigenvalue weighted by Gasteiger charge is 2.33. The van der Waals surface area contributed by atoms with Crippen LogP contribution in [0, 0.1) is 12.8 Å². The number of piperidine rings is 1. The van der Waals surface area contributed by atoms with Crippen molar-refractivity contribution < 1.29 is 9.32 Å². The van der Waals surface area contributed by atoms with Crippen LogP contribution in [0.1, 0.15) is 29.9 Å². The molecule has 0 saturated carbocycles. The number of para-hydroxylation sites is 1. The molecule has 1 fully saturated rings. The molecule has 1 saturated heterocycles. The number of benzene rings is 2. The molecule has 30 heavy (non-hydrogen) atoms. The predicted octanol–water partition coefficient (Wildman–Crippen LogP) is 3.85. The molecule has 5 rings (SSSR count). The van der Waals surface area contributed by atoms with Gasteiger partial charge in [-0.3, -0.25) is 9.69 Å². The summed E-state index contributed by atoms with van der Waals surface area (Å²) >= 11 is 0. The smallest absolute Gasteiger partial charge is 0.241 e. The van der Waals surface area contributed by atoms with Gasteiger partial charge in [0.1, 0.15) is 0 Å². The van der Waals surface area contributed by atoms with Gasteiger partial charge >= 0.3 is 0 Å². The Balaban J connectivity index is 1.24. The fourth-order valence-corrected chi connectivity index (χ4v) is 4.52. The van der Waals surface area contributed by atoms with Crippen molar-refractivity contribution in [1.82, 2.24) is 15.0 Å². The lowest BCUT2D eigenvalue weighted by Crippen LogP contribution is -2.44.